The number of thiophene rings is 1. The van der Waals surface area contributed by atoms with Gasteiger partial charge in [0.25, 0.3) is 0 Å². The van der Waals surface area contributed by atoms with Crippen molar-refractivity contribution in [2.24, 2.45) is 5.92 Å². The lowest BCUT2D eigenvalue weighted by molar-refractivity contribution is -0.144. The van der Waals surface area contributed by atoms with Crippen LogP contribution in [0.2, 0.25) is 0 Å². The van der Waals surface area contributed by atoms with E-state index < -0.39 is 0 Å². The monoisotopic (exact) mass is 255 g/mol. The Morgan fingerprint density at radius 3 is 2.65 bits per heavy atom. The molecule has 1 heterocycles. The minimum atomic E-state index is -0.243. The number of esters is 1. The van der Waals surface area contributed by atoms with E-state index in [0.29, 0.717) is 0 Å². The van der Waals surface area contributed by atoms with E-state index >= 15 is 0 Å². The molecule has 1 rings (SSSR count). The van der Waals surface area contributed by atoms with Gasteiger partial charge in [0.2, 0.25) is 0 Å². The molecule has 4 heteroatoms. The van der Waals surface area contributed by atoms with E-state index in [1.54, 1.807) is 11.3 Å². The number of methoxy groups -OCH3 is 1. The van der Waals surface area contributed by atoms with Crippen LogP contribution >= 0.6 is 11.3 Å². The Morgan fingerprint density at radius 2 is 2.24 bits per heavy atom. The quantitative estimate of drug-likeness (QED) is 0.794. The maximum absolute atomic E-state index is 11.7. The summed E-state index contributed by atoms with van der Waals surface area (Å²) in [4.78, 5) is 13.0. The number of nitrogens with one attached hydrogen (secondary N) is 1. The highest BCUT2D eigenvalue weighted by atomic mass is 32.1. The van der Waals surface area contributed by atoms with Crippen LogP contribution in [0.3, 0.4) is 0 Å². The molecular weight excluding hydrogens is 234 g/mol. The summed E-state index contributed by atoms with van der Waals surface area (Å²) in [5.74, 6) is 0.0338. The molecule has 0 aliphatic heterocycles. The minimum Gasteiger partial charge on any atom is -0.468 e. The molecule has 0 aliphatic carbocycles. The molecule has 3 nitrogen and oxygen atoms in total. The highest BCUT2D eigenvalue weighted by Crippen LogP contribution is 2.23. The van der Waals surface area contributed by atoms with Gasteiger partial charge in [-0.2, -0.15) is 0 Å². The molecule has 0 radical (unpaired) electrons. The summed E-state index contributed by atoms with van der Waals surface area (Å²) in [6.45, 7) is 6.16. The lowest BCUT2D eigenvalue weighted by atomic mass is 10.0. The topological polar surface area (TPSA) is 38.3 Å². The molecule has 1 aromatic rings. The first-order valence-electron chi connectivity index (χ1n) is 5.97. The molecule has 1 aromatic heterocycles. The van der Waals surface area contributed by atoms with Crippen LogP contribution in [-0.2, 0) is 9.53 Å². The molecule has 2 unspecified atom stereocenters. The van der Waals surface area contributed by atoms with Gasteiger partial charge in [-0.05, 0) is 23.8 Å². The van der Waals surface area contributed by atoms with Crippen LogP contribution in [0.25, 0.3) is 0 Å². The van der Waals surface area contributed by atoms with Crippen LogP contribution in [0.5, 0.6) is 0 Å². The number of carbonyl (C=O) groups excluding carboxylic acids is 1. The molecule has 0 amide bonds. The van der Waals surface area contributed by atoms with E-state index in [9.17, 15) is 4.79 Å². The molecule has 0 spiro atoms. The molecule has 0 saturated carbocycles. The van der Waals surface area contributed by atoms with E-state index in [1.807, 2.05) is 19.9 Å². The second kappa shape index (κ2) is 6.77. The van der Waals surface area contributed by atoms with Gasteiger partial charge in [0.05, 0.1) is 7.11 Å². The van der Waals surface area contributed by atoms with E-state index in [4.69, 9.17) is 4.74 Å². The fraction of sp³-hybridized carbons (Fsp3) is 0.615. The summed E-state index contributed by atoms with van der Waals surface area (Å²) in [5, 5.41) is 5.45. The zero-order chi connectivity index (χ0) is 12.8. The van der Waals surface area contributed by atoms with Gasteiger partial charge in [0.15, 0.2) is 0 Å². The first-order chi connectivity index (χ1) is 8.10. The van der Waals surface area contributed by atoms with Gasteiger partial charge in [0.1, 0.15) is 6.04 Å². The second-order valence-electron chi connectivity index (χ2n) is 4.39. The van der Waals surface area contributed by atoms with Crippen molar-refractivity contribution in [3.05, 3.63) is 22.4 Å². The van der Waals surface area contributed by atoms with E-state index in [-0.39, 0.29) is 24.0 Å². The second-order valence-corrected chi connectivity index (χ2v) is 5.37. The zero-order valence-electron chi connectivity index (χ0n) is 10.9. The third-order valence-electron chi connectivity index (χ3n) is 2.80. The van der Waals surface area contributed by atoms with Crippen LogP contribution in [0.15, 0.2) is 17.5 Å². The van der Waals surface area contributed by atoms with Gasteiger partial charge in [-0.1, -0.05) is 26.8 Å². The Balaban J connectivity index is 2.74. The molecule has 1 N–H and O–H groups in total. The maximum Gasteiger partial charge on any atom is 0.323 e. The number of hydrogen-bond donors (Lipinski definition) is 1. The highest BCUT2D eigenvalue weighted by Gasteiger charge is 2.26. The molecular formula is C13H21NO2S. The minimum absolute atomic E-state index is 0.185. The summed E-state index contributed by atoms with van der Waals surface area (Å²) in [6, 6.07) is 4.11. The van der Waals surface area contributed by atoms with Gasteiger partial charge in [-0.15, -0.1) is 11.3 Å². The average molecular weight is 255 g/mol. The molecule has 96 valence electrons. The fourth-order valence-electron chi connectivity index (χ4n) is 1.77. The SMILES string of the molecule is CCC(NC(C(=O)OC)C(C)C)c1cccs1. The van der Waals surface area contributed by atoms with Gasteiger partial charge in [-0.3, -0.25) is 10.1 Å². The third kappa shape index (κ3) is 3.82. The summed E-state index contributed by atoms with van der Waals surface area (Å²) >= 11 is 1.71. The summed E-state index contributed by atoms with van der Waals surface area (Å²) in [5.41, 5.74) is 0. The first-order valence-corrected chi connectivity index (χ1v) is 6.85. The van der Waals surface area contributed by atoms with Crippen LogP contribution in [0.1, 0.15) is 38.1 Å². The van der Waals surface area contributed by atoms with Gasteiger partial charge < -0.3 is 4.74 Å². The van der Waals surface area contributed by atoms with Gasteiger partial charge >= 0.3 is 5.97 Å². The molecule has 0 fully saturated rings. The number of rotatable bonds is 6. The molecule has 0 bridgehead atoms. The molecule has 0 aliphatic rings. The van der Waals surface area contributed by atoms with E-state index in [2.05, 4.69) is 23.7 Å². The van der Waals surface area contributed by atoms with Crippen molar-refractivity contribution < 1.29 is 9.53 Å². The Labute approximate surface area is 107 Å². The average Bonchev–Trinajstić information content (AvgIpc) is 2.82. The lowest BCUT2D eigenvalue weighted by Gasteiger charge is -2.25. The third-order valence-corrected chi connectivity index (χ3v) is 3.78. The van der Waals surface area contributed by atoms with E-state index in [1.165, 1.54) is 12.0 Å². The van der Waals surface area contributed by atoms with E-state index in [0.717, 1.165) is 6.42 Å². The molecule has 17 heavy (non-hydrogen) atoms. The lowest BCUT2D eigenvalue weighted by Crippen LogP contribution is -2.43. The predicted octanol–water partition coefficient (Wildman–Crippen LogP) is 2.99. The number of hydrogen-bond acceptors (Lipinski definition) is 4. The highest BCUT2D eigenvalue weighted by molar-refractivity contribution is 7.10. The largest absolute Gasteiger partial charge is 0.468 e. The summed E-state index contributed by atoms with van der Waals surface area (Å²) in [6.07, 6.45) is 0.959. The maximum atomic E-state index is 11.7. The first kappa shape index (κ1) is 14.2. The fourth-order valence-corrected chi connectivity index (χ4v) is 2.64. The van der Waals surface area contributed by atoms with Crippen molar-refractivity contribution in [3.63, 3.8) is 0 Å². The summed E-state index contributed by atoms with van der Waals surface area (Å²) in [7, 11) is 1.44. The number of carbonyl (C=O) groups is 1. The Kier molecular flexibility index (Phi) is 5.65. The molecule has 0 aromatic carbocycles. The van der Waals surface area contributed by atoms with Crippen LogP contribution in [0.4, 0.5) is 0 Å². The van der Waals surface area contributed by atoms with Gasteiger partial charge in [-0.25, -0.2) is 0 Å². The van der Waals surface area contributed by atoms with Crippen LogP contribution in [0, 0.1) is 5.92 Å². The normalized spacial score (nSPS) is 14.6. The smallest absolute Gasteiger partial charge is 0.323 e. The number of ether oxygens (including phenoxy) is 1. The van der Waals surface area contributed by atoms with Crippen molar-refractivity contribution in [3.8, 4) is 0 Å². The standard InChI is InChI=1S/C13H21NO2S/c1-5-10(11-7-6-8-17-11)14-12(9(2)3)13(15)16-4/h6-10,12,14H,5H2,1-4H3. The van der Waals surface area contributed by atoms with Gasteiger partial charge in [0, 0.05) is 10.9 Å². The van der Waals surface area contributed by atoms with Crippen molar-refractivity contribution in [2.75, 3.05) is 7.11 Å². The molecule has 0 saturated heterocycles. The molecule has 2 atom stereocenters. The van der Waals surface area contributed by atoms with Crippen molar-refractivity contribution >= 4 is 17.3 Å². The Morgan fingerprint density at radius 1 is 1.53 bits per heavy atom. The predicted molar refractivity (Wildman–Crippen MR) is 71.1 cm³/mol. The summed E-state index contributed by atoms with van der Waals surface area (Å²) < 4.78 is 4.84. The zero-order valence-corrected chi connectivity index (χ0v) is 11.7. The Bertz CT molecular complexity index is 335. The van der Waals surface area contributed by atoms with Crippen molar-refractivity contribution in [1.82, 2.24) is 5.32 Å². The van der Waals surface area contributed by atoms with Crippen molar-refractivity contribution in [1.29, 1.82) is 0 Å². The van der Waals surface area contributed by atoms with Crippen molar-refractivity contribution in [2.45, 2.75) is 39.3 Å². The van der Waals surface area contributed by atoms with Crippen LogP contribution in [-0.4, -0.2) is 19.1 Å². The Hall–Kier alpha value is -0.870. The van der Waals surface area contributed by atoms with Crippen LogP contribution < -0.4 is 5.32 Å².